The van der Waals surface area contributed by atoms with Crippen LogP contribution in [0.2, 0.25) is 0 Å². The third kappa shape index (κ3) is 3.42. The highest BCUT2D eigenvalue weighted by Gasteiger charge is 2.15. The van der Waals surface area contributed by atoms with Gasteiger partial charge >= 0.3 is 0 Å². The van der Waals surface area contributed by atoms with E-state index in [1.807, 2.05) is 4.68 Å². The lowest BCUT2D eigenvalue weighted by Crippen LogP contribution is -2.17. The van der Waals surface area contributed by atoms with Crippen molar-refractivity contribution in [2.24, 2.45) is 11.7 Å². The molecule has 0 radical (unpaired) electrons. The molecule has 0 aliphatic rings. The summed E-state index contributed by atoms with van der Waals surface area (Å²) in [6.07, 6.45) is 2.36. The molecule has 1 unspecified atom stereocenters. The second kappa shape index (κ2) is 5.84. The molecule has 5 heteroatoms. The minimum atomic E-state index is 0.00696. The van der Waals surface area contributed by atoms with Crippen LogP contribution in [0.3, 0.4) is 0 Å². The Morgan fingerprint density at radius 2 is 2.11 bits per heavy atom. The molecule has 19 heavy (non-hydrogen) atoms. The third-order valence-electron chi connectivity index (χ3n) is 3.19. The molecule has 2 aromatic rings. The fourth-order valence-corrected chi connectivity index (χ4v) is 3.07. The lowest BCUT2D eigenvalue weighted by atomic mass is 10.1. The summed E-state index contributed by atoms with van der Waals surface area (Å²) in [4.78, 5) is 6.91. The molecule has 0 fully saturated rings. The molecule has 2 heterocycles. The van der Waals surface area contributed by atoms with E-state index in [0.29, 0.717) is 5.92 Å². The number of rotatable bonds is 5. The van der Waals surface area contributed by atoms with E-state index in [0.717, 1.165) is 18.8 Å². The lowest BCUT2D eigenvalue weighted by Gasteiger charge is -2.12. The zero-order valence-electron chi connectivity index (χ0n) is 12.1. The van der Waals surface area contributed by atoms with Crippen LogP contribution in [0, 0.1) is 19.8 Å². The Hall–Kier alpha value is -1.20. The average Bonchev–Trinajstić information content (AvgIpc) is 2.87. The number of aromatic nitrogens is 3. The summed E-state index contributed by atoms with van der Waals surface area (Å²) in [7, 11) is 0. The summed E-state index contributed by atoms with van der Waals surface area (Å²) in [5.74, 6) is 1.54. The number of hydrogen-bond acceptors (Lipinski definition) is 4. The fraction of sp³-hybridized carbons (Fsp3) is 0.571. The molecule has 104 valence electrons. The van der Waals surface area contributed by atoms with Gasteiger partial charge < -0.3 is 5.73 Å². The predicted molar refractivity (Wildman–Crippen MR) is 79.3 cm³/mol. The quantitative estimate of drug-likeness (QED) is 0.915. The maximum Gasteiger partial charge on any atom is 0.138 e. The summed E-state index contributed by atoms with van der Waals surface area (Å²) in [6.45, 7) is 9.51. The Balaban J connectivity index is 2.10. The van der Waals surface area contributed by atoms with Crippen molar-refractivity contribution in [1.29, 1.82) is 0 Å². The largest absolute Gasteiger partial charge is 0.323 e. The van der Waals surface area contributed by atoms with E-state index in [1.165, 1.54) is 15.3 Å². The standard InChI is InChI=1S/C14H22N4S/c1-9(2)7-18-14(16-8-17-18)6-12(15)13-5-10(3)11(4)19-13/h5,8-9,12H,6-7,15H2,1-4H3. The third-order valence-corrected chi connectivity index (χ3v) is 4.47. The lowest BCUT2D eigenvalue weighted by molar-refractivity contribution is 0.460. The second-order valence-electron chi connectivity index (χ2n) is 5.45. The van der Waals surface area contributed by atoms with Crippen LogP contribution in [0.15, 0.2) is 12.4 Å². The van der Waals surface area contributed by atoms with Crippen LogP contribution in [0.25, 0.3) is 0 Å². The van der Waals surface area contributed by atoms with Crippen molar-refractivity contribution < 1.29 is 0 Å². The zero-order valence-corrected chi connectivity index (χ0v) is 12.9. The highest BCUT2D eigenvalue weighted by molar-refractivity contribution is 7.12. The number of thiophene rings is 1. The van der Waals surface area contributed by atoms with Crippen molar-refractivity contribution in [3.05, 3.63) is 33.5 Å². The number of hydrogen-bond donors (Lipinski definition) is 1. The molecule has 0 bridgehead atoms. The molecular weight excluding hydrogens is 256 g/mol. The van der Waals surface area contributed by atoms with Crippen LogP contribution in [0.1, 0.15) is 41.0 Å². The van der Waals surface area contributed by atoms with Crippen LogP contribution in [-0.2, 0) is 13.0 Å². The van der Waals surface area contributed by atoms with E-state index in [2.05, 4.69) is 43.8 Å². The first-order chi connectivity index (χ1) is 8.97. The van der Waals surface area contributed by atoms with Gasteiger partial charge in [0.1, 0.15) is 12.2 Å². The van der Waals surface area contributed by atoms with Gasteiger partial charge in [0.05, 0.1) is 0 Å². The normalized spacial score (nSPS) is 13.2. The van der Waals surface area contributed by atoms with Crippen molar-refractivity contribution >= 4 is 11.3 Å². The van der Waals surface area contributed by atoms with Gasteiger partial charge in [0.25, 0.3) is 0 Å². The molecule has 0 saturated carbocycles. The topological polar surface area (TPSA) is 56.7 Å². The van der Waals surface area contributed by atoms with Crippen molar-refractivity contribution in [2.45, 2.75) is 46.7 Å². The zero-order chi connectivity index (χ0) is 14.0. The second-order valence-corrected chi connectivity index (χ2v) is 6.74. The Morgan fingerprint density at radius 1 is 1.37 bits per heavy atom. The van der Waals surface area contributed by atoms with Crippen LogP contribution < -0.4 is 5.73 Å². The van der Waals surface area contributed by atoms with Crippen LogP contribution in [0.5, 0.6) is 0 Å². The molecule has 2 aromatic heterocycles. The van der Waals surface area contributed by atoms with Gasteiger partial charge in [0.15, 0.2) is 0 Å². The maximum atomic E-state index is 6.30. The van der Waals surface area contributed by atoms with Crippen molar-refractivity contribution in [3.63, 3.8) is 0 Å². The summed E-state index contributed by atoms with van der Waals surface area (Å²) < 4.78 is 1.97. The van der Waals surface area contributed by atoms with E-state index in [4.69, 9.17) is 5.73 Å². The van der Waals surface area contributed by atoms with Gasteiger partial charge in [0.2, 0.25) is 0 Å². The van der Waals surface area contributed by atoms with E-state index < -0.39 is 0 Å². The smallest absolute Gasteiger partial charge is 0.138 e. The molecule has 0 aliphatic carbocycles. The Kier molecular flexibility index (Phi) is 4.37. The Morgan fingerprint density at radius 3 is 2.68 bits per heavy atom. The minimum Gasteiger partial charge on any atom is -0.323 e. The Bertz CT molecular complexity index is 522. The summed E-state index contributed by atoms with van der Waals surface area (Å²) in [6, 6.07) is 2.20. The predicted octanol–water partition coefficient (Wildman–Crippen LogP) is 2.85. The monoisotopic (exact) mass is 278 g/mol. The summed E-state index contributed by atoms with van der Waals surface area (Å²) >= 11 is 1.78. The molecule has 0 saturated heterocycles. The van der Waals surface area contributed by atoms with Crippen molar-refractivity contribution in [1.82, 2.24) is 14.8 Å². The molecule has 2 N–H and O–H groups in total. The first-order valence-corrected chi connectivity index (χ1v) is 7.48. The first-order valence-electron chi connectivity index (χ1n) is 6.66. The van der Waals surface area contributed by atoms with Crippen molar-refractivity contribution in [3.8, 4) is 0 Å². The van der Waals surface area contributed by atoms with Gasteiger partial charge in [-0.15, -0.1) is 11.3 Å². The van der Waals surface area contributed by atoms with E-state index >= 15 is 0 Å². The minimum absolute atomic E-state index is 0.00696. The van der Waals surface area contributed by atoms with E-state index in [-0.39, 0.29) is 6.04 Å². The molecule has 2 rings (SSSR count). The molecule has 0 aromatic carbocycles. The van der Waals surface area contributed by atoms with Crippen LogP contribution in [-0.4, -0.2) is 14.8 Å². The molecule has 1 atom stereocenters. The number of nitrogens with zero attached hydrogens (tertiary/aromatic N) is 3. The van der Waals surface area contributed by atoms with Crippen LogP contribution in [0.4, 0.5) is 0 Å². The van der Waals surface area contributed by atoms with Crippen LogP contribution >= 0.6 is 11.3 Å². The van der Waals surface area contributed by atoms with E-state index in [9.17, 15) is 0 Å². The summed E-state index contributed by atoms with van der Waals surface area (Å²) in [5, 5.41) is 4.28. The van der Waals surface area contributed by atoms with E-state index in [1.54, 1.807) is 17.7 Å². The van der Waals surface area contributed by atoms with Gasteiger partial charge in [-0.1, -0.05) is 13.8 Å². The highest BCUT2D eigenvalue weighted by Crippen LogP contribution is 2.26. The SMILES string of the molecule is Cc1cc(C(N)Cc2ncnn2CC(C)C)sc1C. The molecular formula is C14H22N4S. The Labute approximate surface area is 118 Å². The number of nitrogens with two attached hydrogens (primary N) is 1. The van der Waals surface area contributed by atoms with Gasteiger partial charge in [-0.05, 0) is 31.4 Å². The highest BCUT2D eigenvalue weighted by atomic mass is 32.1. The molecule has 4 nitrogen and oxygen atoms in total. The van der Waals surface area contributed by atoms with Gasteiger partial charge in [-0.25, -0.2) is 9.67 Å². The fourth-order valence-electron chi connectivity index (χ4n) is 2.03. The molecule has 0 amide bonds. The summed E-state index contributed by atoms with van der Waals surface area (Å²) in [5.41, 5.74) is 7.62. The van der Waals surface area contributed by atoms with Gasteiger partial charge in [-0.2, -0.15) is 5.10 Å². The van der Waals surface area contributed by atoms with Gasteiger partial charge in [-0.3, -0.25) is 0 Å². The molecule has 0 aliphatic heterocycles. The van der Waals surface area contributed by atoms with Gasteiger partial charge in [0, 0.05) is 28.8 Å². The van der Waals surface area contributed by atoms with Crippen molar-refractivity contribution in [2.75, 3.05) is 0 Å². The molecule has 0 spiro atoms. The number of aryl methyl sites for hydroxylation is 2. The maximum absolute atomic E-state index is 6.30. The first kappa shape index (κ1) is 14.2. The average molecular weight is 278 g/mol.